The molecule has 4 saturated carbocycles. The molecule has 0 heteroatoms. The second kappa shape index (κ2) is 2.15. The van der Waals surface area contributed by atoms with E-state index in [0.717, 1.165) is 5.41 Å². The van der Waals surface area contributed by atoms with Gasteiger partial charge in [-0.1, -0.05) is 25.7 Å². The molecule has 4 aliphatic rings. The van der Waals surface area contributed by atoms with E-state index in [1.165, 1.54) is 36.5 Å². The lowest BCUT2D eigenvalue weighted by Gasteiger charge is -2.22. The van der Waals surface area contributed by atoms with Gasteiger partial charge in [0.25, 0.3) is 0 Å². The maximum absolute atomic E-state index is 1.64. The molecule has 72 valence electrons. The van der Waals surface area contributed by atoms with Gasteiger partial charge in [-0.25, -0.2) is 0 Å². The van der Waals surface area contributed by atoms with Crippen LogP contribution in [0.3, 0.4) is 0 Å². The van der Waals surface area contributed by atoms with Crippen LogP contribution in [0.2, 0.25) is 0 Å². The van der Waals surface area contributed by atoms with Crippen LogP contribution in [-0.2, 0) is 0 Å². The van der Waals surface area contributed by atoms with Crippen molar-refractivity contribution in [3.63, 3.8) is 0 Å². The molecule has 0 saturated heterocycles. The summed E-state index contributed by atoms with van der Waals surface area (Å²) in [6.07, 6.45) is 12.7. The first kappa shape index (κ1) is 7.31. The van der Waals surface area contributed by atoms with Crippen molar-refractivity contribution < 1.29 is 0 Å². The Balaban J connectivity index is 1.52. The van der Waals surface area contributed by atoms with E-state index in [-0.39, 0.29) is 0 Å². The highest BCUT2D eigenvalue weighted by atomic mass is 14.8. The van der Waals surface area contributed by atoms with E-state index in [1.54, 1.807) is 38.5 Å². The molecule has 0 aromatic rings. The van der Waals surface area contributed by atoms with Crippen LogP contribution in [0.15, 0.2) is 0 Å². The Morgan fingerprint density at radius 2 is 1.77 bits per heavy atom. The van der Waals surface area contributed by atoms with Crippen LogP contribution in [0.5, 0.6) is 0 Å². The van der Waals surface area contributed by atoms with Crippen molar-refractivity contribution >= 4 is 0 Å². The van der Waals surface area contributed by atoms with Crippen molar-refractivity contribution in [2.75, 3.05) is 0 Å². The minimum absolute atomic E-state index is 0.952. The van der Waals surface area contributed by atoms with Gasteiger partial charge in [-0.3, -0.25) is 0 Å². The lowest BCUT2D eigenvalue weighted by atomic mass is 9.82. The van der Waals surface area contributed by atoms with Crippen LogP contribution >= 0.6 is 0 Å². The van der Waals surface area contributed by atoms with Crippen molar-refractivity contribution in [3.8, 4) is 0 Å². The quantitative estimate of drug-likeness (QED) is 0.572. The van der Waals surface area contributed by atoms with E-state index >= 15 is 0 Å². The monoisotopic (exact) mass is 176 g/mol. The maximum atomic E-state index is 1.64. The van der Waals surface area contributed by atoms with Gasteiger partial charge in [0.15, 0.2) is 0 Å². The average molecular weight is 176 g/mol. The van der Waals surface area contributed by atoms with Crippen LogP contribution in [0.1, 0.15) is 51.4 Å². The topological polar surface area (TPSA) is 0 Å². The molecule has 0 aliphatic heterocycles. The van der Waals surface area contributed by atoms with E-state index in [4.69, 9.17) is 0 Å². The molecule has 13 heavy (non-hydrogen) atoms. The molecule has 0 heterocycles. The van der Waals surface area contributed by atoms with Crippen molar-refractivity contribution in [1.82, 2.24) is 0 Å². The molecule has 0 aromatic heterocycles. The van der Waals surface area contributed by atoms with Gasteiger partial charge in [0.1, 0.15) is 0 Å². The van der Waals surface area contributed by atoms with Crippen LogP contribution < -0.4 is 0 Å². The Hall–Kier alpha value is 0. The van der Waals surface area contributed by atoms with Gasteiger partial charge in [0, 0.05) is 0 Å². The van der Waals surface area contributed by atoms with Gasteiger partial charge in [-0.05, 0) is 54.8 Å². The molecule has 4 unspecified atom stereocenters. The molecule has 0 bridgehead atoms. The first-order valence-electron chi connectivity index (χ1n) is 6.42. The zero-order valence-electron chi connectivity index (χ0n) is 8.47. The Kier molecular flexibility index (Phi) is 1.21. The molecule has 4 aliphatic carbocycles. The average Bonchev–Trinajstić information content (AvgIpc) is 2.85. The van der Waals surface area contributed by atoms with Gasteiger partial charge in [0.05, 0.1) is 0 Å². The highest BCUT2D eigenvalue weighted by Gasteiger charge is 2.76. The summed E-state index contributed by atoms with van der Waals surface area (Å²) in [4.78, 5) is 0. The Morgan fingerprint density at radius 3 is 2.54 bits per heavy atom. The summed E-state index contributed by atoms with van der Waals surface area (Å²) in [6.45, 7) is 0. The van der Waals surface area contributed by atoms with Crippen LogP contribution in [0.4, 0.5) is 0 Å². The Morgan fingerprint density at radius 1 is 0.923 bits per heavy atom. The number of hydrogen-bond acceptors (Lipinski definition) is 0. The third kappa shape index (κ3) is 0.877. The fourth-order valence-electron chi connectivity index (χ4n) is 4.50. The molecule has 0 aromatic carbocycles. The molecule has 4 atom stereocenters. The van der Waals surface area contributed by atoms with Crippen LogP contribution in [-0.4, -0.2) is 0 Å². The standard InChI is InChI=1S/C13H20/c1-2-4-6-13(8-9(13)5-3-1)12-10-7-11(10)12/h9-12H,1-8H2. The predicted octanol–water partition coefficient (Wildman–Crippen LogP) is 3.61. The normalized spacial score (nSPS) is 62.8. The van der Waals surface area contributed by atoms with Crippen LogP contribution in [0.25, 0.3) is 0 Å². The molecule has 0 N–H and O–H groups in total. The first-order chi connectivity index (χ1) is 6.42. The fourth-order valence-corrected chi connectivity index (χ4v) is 4.50. The van der Waals surface area contributed by atoms with E-state index in [9.17, 15) is 0 Å². The number of fused-ring (bicyclic) bond motifs is 2. The van der Waals surface area contributed by atoms with E-state index in [2.05, 4.69) is 0 Å². The fraction of sp³-hybridized carbons (Fsp3) is 1.00. The Labute approximate surface area is 81.1 Å². The van der Waals surface area contributed by atoms with Gasteiger partial charge in [-0.2, -0.15) is 0 Å². The molecule has 0 radical (unpaired) electrons. The SMILES string of the molecule is C1CCCC2(C3C4CC43)CC2CC1. The highest BCUT2D eigenvalue weighted by molar-refractivity contribution is 5.24. The van der Waals surface area contributed by atoms with Gasteiger partial charge < -0.3 is 0 Å². The molecule has 0 amide bonds. The predicted molar refractivity (Wildman–Crippen MR) is 53.3 cm³/mol. The van der Waals surface area contributed by atoms with Gasteiger partial charge in [0.2, 0.25) is 0 Å². The molecular formula is C13H20. The van der Waals surface area contributed by atoms with Crippen molar-refractivity contribution in [2.45, 2.75) is 51.4 Å². The summed E-state index contributed by atoms with van der Waals surface area (Å²) >= 11 is 0. The molecule has 4 fully saturated rings. The lowest BCUT2D eigenvalue weighted by molar-refractivity contribution is 0.272. The molecule has 0 spiro atoms. The number of rotatable bonds is 1. The minimum Gasteiger partial charge on any atom is -0.0533 e. The summed E-state index contributed by atoms with van der Waals surface area (Å²) in [6, 6.07) is 0. The Bertz CT molecular complexity index is 236. The van der Waals surface area contributed by atoms with Crippen molar-refractivity contribution in [1.29, 1.82) is 0 Å². The summed E-state index contributed by atoms with van der Waals surface area (Å²) in [5, 5.41) is 0. The zero-order valence-corrected chi connectivity index (χ0v) is 8.47. The lowest BCUT2D eigenvalue weighted by Crippen LogP contribution is -2.14. The second-order valence-corrected chi connectivity index (χ2v) is 6.18. The summed E-state index contributed by atoms with van der Waals surface area (Å²) in [5.74, 6) is 4.97. The third-order valence-corrected chi connectivity index (χ3v) is 5.56. The smallest absolute Gasteiger partial charge is 0.0232 e. The van der Waals surface area contributed by atoms with Crippen LogP contribution in [0, 0.1) is 29.1 Å². The molecular weight excluding hydrogens is 156 g/mol. The highest BCUT2D eigenvalue weighted by Crippen LogP contribution is 2.83. The second-order valence-electron chi connectivity index (χ2n) is 6.18. The van der Waals surface area contributed by atoms with Crippen molar-refractivity contribution in [2.24, 2.45) is 29.1 Å². The summed E-state index contributed by atoms with van der Waals surface area (Å²) in [7, 11) is 0. The van der Waals surface area contributed by atoms with Crippen molar-refractivity contribution in [3.05, 3.63) is 0 Å². The minimum atomic E-state index is 0.952. The van der Waals surface area contributed by atoms with Gasteiger partial charge in [-0.15, -0.1) is 0 Å². The summed E-state index contributed by atoms with van der Waals surface area (Å²) < 4.78 is 0. The largest absolute Gasteiger partial charge is 0.0533 e. The molecule has 0 nitrogen and oxygen atoms in total. The van der Waals surface area contributed by atoms with E-state index < -0.39 is 0 Å². The zero-order chi connectivity index (χ0) is 8.47. The van der Waals surface area contributed by atoms with E-state index in [0.29, 0.717) is 0 Å². The summed E-state index contributed by atoms with van der Waals surface area (Å²) in [5.41, 5.74) is 0.952. The maximum Gasteiger partial charge on any atom is -0.0232 e. The molecule has 4 rings (SSSR count). The van der Waals surface area contributed by atoms with Gasteiger partial charge >= 0.3 is 0 Å². The first-order valence-corrected chi connectivity index (χ1v) is 6.42. The number of hydrogen-bond donors (Lipinski definition) is 0. The van der Waals surface area contributed by atoms with E-state index in [1.807, 2.05) is 0 Å². The third-order valence-electron chi connectivity index (χ3n) is 5.56.